The van der Waals surface area contributed by atoms with Crippen molar-refractivity contribution >= 4 is 24.2 Å². The molecule has 0 aliphatic carbocycles. The van der Waals surface area contributed by atoms with E-state index in [0.29, 0.717) is 0 Å². The fourth-order valence-corrected chi connectivity index (χ4v) is 6.10. The summed E-state index contributed by atoms with van der Waals surface area (Å²) in [4.78, 5) is 0. The van der Waals surface area contributed by atoms with E-state index in [-0.39, 0.29) is 5.04 Å². The van der Waals surface area contributed by atoms with Crippen molar-refractivity contribution < 1.29 is 4.43 Å². The molecular formula is C14H23BrOSi. The van der Waals surface area contributed by atoms with Gasteiger partial charge in [0.15, 0.2) is 8.32 Å². The molecule has 17 heavy (non-hydrogen) atoms. The van der Waals surface area contributed by atoms with E-state index < -0.39 is 8.32 Å². The Labute approximate surface area is 115 Å². The highest BCUT2D eigenvalue weighted by Crippen LogP contribution is 2.40. The van der Waals surface area contributed by atoms with Crippen molar-refractivity contribution in [3.63, 3.8) is 0 Å². The molecule has 0 aliphatic rings. The van der Waals surface area contributed by atoms with Crippen LogP contribution >= 0.6 is 15.9 Å². The van der Waals surface area contributed by atoms with Crippen LogP contribution in [-0.4, -0.2) is 13.6 Å². The van der Waals surface area contributed by atoms with E-state index >= 15 is 0 Å². The van der Waals surface area contributed by atoms with Crippen molar-refractivity contribution in [2.24, 2.45) is 0 Å². The predicted octanol–water partition coefficient (Wildman–Crippen LogP) is 4.97. The van der Waals surface area contributed by atoms with Crippen molar-refractivity contribution in [2.75, 3.05) is 5.33 Å². The standard InChI is InChI=1S/C14H23BrOSi/c1-14(2,3)17(4,11-10-15)16-12-13-8-6-5-7-9-13/h5-9H,10-12H2,1-4H3. The lowest BCUT2D eigenvalue weighted by Crippen LogP contribution is -2.44. The summed E-state index contributed by atoms with van der Waals surface area (Å²) in [6.07, 6.45) is 0. The van der Waals surface area contributed by atoms with Gasteiger partial charge < -0.3 is 4.43 Å². The molecule has 0 spiro atoms. The predicted molar refractivity (Wildman–Crippen MR) is 81.2 cm³/mol. The fourth-order valence-electron chi connectivity index (χ4n) is 1.66. The molecule has 0 amide bonds. The zero-order valence-corrected chi connectivity index (χ0v) is 13.9. The first-order valence-electron chi connectivity index (χ1n) is 6.13. The SMILES string of the molecule is CC(C)(C)[Si](C)(CCBr)OCc1ccccc1. The number of hydrogen-bond donors (Lipinski definition) is 0. The summed E-state index contributed by atoms with van der Waals surface area (Å²) in [5.74, 6) is 0. The lowest BCUT2D eigenvalue weighted by Gasteiger charge is -2.39. The molecule has 0 fully saturated rings. The Kier molecular flexibility index (Phi) is 5.42. The van der Waals surface area contributed by atoms with Crippen LogP contribution < -0.4 is 0 Å². The first-order chi connectivity index (χ1) is 7.89. The molecule has 3 heteroatoms. The van der Waals surface area contributed by atoms with Gasteiger partial charge in [0.1, 0.15) is 0 Å². The summed E-state index contributed by atoms with van der Waals surface area (Å²) in [7, 11) is -1.68. The van der Waals surface area contributed by atoms with Gasteiger partial charge in [0, 0.05) is 5.33 Å². The molecule has 0 heterocycles. The number of alkyl halides is 1. The third kappa shape index (κ3) is 4.23. The monoisotopic (exact) mass is 314 g/mol. The van der Waals surface area contributed by atoms with Crippen LogP contribution in [0.25, 0.3) is 0 Å². The highest BCUT2D eigenvalue weighted by Gasteiger charge is 2.41. The molecule has 1 aromatic carbocycles. The number of halogens is 1. The summed E-state index contributed by atoms with van der Waals surface area (Å²) < 4.78 is 6.33. The average Bonchev–Trinajstić information content (AvgIpc) is 2.27. The third-order valence-electron chi connectivity index (χ3n) is 3.56. The van der Waals surface area contributed by atoms with Crippen LogP contribution in [0.15, 0.2) is 30.3 Å². The molecule has 0 radical (unpaired) electrons. The van der Waals surface area contributed by atoms with Gasteiger partial charge in [-0.2, -0.15) is 0 Å². The van der Waals surface area contributed by atoms with Crippen molar-refractivity contribution in [3.8, 4) is 0 Å². The smallest absolute Gasteiger partial charge is 0.196 e. The average molecular weight is 315 g/mol. The van der Waals surface area contributed by atoms with Gasteiger partial charge >= 0.3 is 0 Å². The van der Waals surface area contributed by atoms with E-state index in [1.807, 2.05) is 6.07 Å². The molecule has 1 nitrogen and oxygen atoms in total. The summed E-state index contributed by atoms with van der Waals surface area (Å²) in [5, 5.41) is 1.30. The number of rotatable bonds is 5. The van der Waals surface area contributed by atoms with E-state index in [0.717, 1.165) is 18.0 Å². The van der Waals surface area contributed by atoms with E-state index in [4.69, 9.17) is 4.43 Å². The van der Waals surface area contributed by atoms with Crippen LogP contribution in [0, 0.1) is 0 Å². The van der Waals surface area contributed by atoms with E-state index in [1.165, 1.54) is 5.56 Å². The van der Waals surface area contributed by atoms with Crippen molar-refractivity contribution in [1.29, 1.82) is 0 Å². The minimum atomic E-state index is -1.68. The second kappa shape index (κ2) is 6.16. The van der Waals surface area contributed by atoms with Gasteiger partial charge in [-0.05, 0) is 23.2 Å². The highest BCUT2D eigenvalue weighted by atomic mass is 79.9. The first kappa shape index (κ1) is 14.9. The molecule has 1 atom stereocenters. The Bertz CT molecular complexity index is 334. The van der Waals surface area contributed by atoms with Crippen LogP contribution in [0.1, 0.15) is 26.3 Å². The van der Waals surface area contributed by atoms with Gasteiger partial charge in [-0.1, -0.05) is 67.0 Å². The molecule has 96 valence electrons. The second-order valence-electron chi connectivity index (χ2n) is 5.69. The van der Waals surface area contributed by atoms with Crippen LogP contribution in [0.4, 0.5) is 0 Å². The van der Waals surface area contributed by atoms with Gasteiger partial charge in [0.2, 0.25) is 0 Å². The summed E-state index contributed by atoms with van der Waals surface area (Å²) in [6.45, 7) is 9.98. The molecule has 0 saturated carbocycles. The van der Waals surface area contributed by atoms with Crippen LogP contribution in [0.5, 0.6) is 0 Å². The van der Waals surface area contributed by atoms with Crippen LogP contribution in [-0.2, 0) is 11.0 Å². The maximum absolute atomic E-state index is 6.33. The zero-order chi connectivity index (χ0) is 12.9. The summed E-state index contributed by atoms with van der Waals surface area (Å²) >= 11 is 3.56. The van der Waals surface area contributed by atoms with Gasteiger partial charge in [0.25, 0.3) is 0 Å². The van der Waals surface area contributed by atoms with Gasteiger partial charge in [-0.3, -0.25) is 0 Å². The Morgan fingerprint density at radius 3 is 2.24 bits per heavy atom. The Morgan fingerprint density at radius 1 is 1.18 bits per heavy atom. The largest absolute Gasteiger partial charge is 0.412 e. The number of hydrogen-bond acceptors (Lipinski definition) is 1. The van der Waals surface area contributed by atoms with E-state index in [2.05, 4.69) is 67.5 Å². The minimum Gasteiger partial charge on any atom is -0.412 e. The Morgan fingerprint density at radius 2 is 1.76 bits per heavy atom. The summed E-state index contributed by atoms with van der Waals surface area (Å²) in [6, 6.07) is 11.6. The maximum Gasteiger partial charge on any atom is 0.196 e. The highest BCUT2D eigenvalue weighted by molar-refractivity contribution is 9.09. The molecule has 0 saturated heterocycles. The molecule has 0 bridgehead atoms. The second-order valence-corrected chi connectivity index (χ2v) is 11.2. The normalized spacial score (nSPS) is 15.6. The van der Waals surface area contributed by atoms with Crippen LogP contribution in [0.3, 0.4) is 0 Å². The molecule has 0 aliphatic heterocycles. The third-order valence-corrected chi connectivity index (χ3v) is 9.85. The lowest BCUT2D eigenvalue weighted by atomic mass is 10.2. The van der Waals surface area contributed by atoms with Crippen molar-refractivity contribution in [1.82, 2.24) is 0 Å². The lowest BCUT2D eigenvalue weighted by molar-refractivity contribution is 0.272. The van der Waals surface area contributed by atoms with Crippen molar-refractivity contribution in [2.45, 2.75) is 45.0 Å². The van der Waals surface area contributed by atoms with Gasteiger partial charge in [0.05, 0.1) is 6.61 Å². The molecule has 0 aromatic heterocycles. The number of benzene rings is 1. The minimum absolute atomic E-state index is 0.273. The quantitative estimate of drug-likeness (QED) is 0.550. The molecule has 0 N–H and O–H groups in total. The summed E-state index contributed by atoms with van der Waals surface area (Å²) in [5.41, 5.74) is 1.27. The topological polar surface area (TPSA) is 9.23 Å². The van der Waals surface area contributed by atoms with Gasteiger partial charge in [-0.15, -0.1) is 0 Å². The fraction of sp³-hybridized carbons (Fsp3) is 0.571. The van der Waals surface area contributed by atoms with E-state index in [9.17, 15) is 0 Å². The molecule has 1 unspecified atom stereocenters. The molecule has 1 rings (SSSR count). The van der Waals surface area contributed by atoms with Crippen LogP contribution in [0.2, 0.25) is 17.6 Å². The first-order valence-corrected chi connectivity index (χ1v) is 9.86. The van der Waals surface area contributed by atoms with E-state index in [1.54, 1.807) is 0 Å². The maximum atomic E-state index is 6.33. The van der Waals surface area contributed by atoms with Gasteiger partial charge in [-0.25, -0.2) is 0 Å². The zero-order valence-electron chi connectivity index (χ0n) is 11.3. The Balaban J connectivity index is 2.69. The molecular weight excluding hydrogens is 292 g/mol. The Hall–Kier alpha value is -0.123. The van der Waals surface area contributed by atoms with Crippen molar-refractivity contribution in [3.05, 3.63) is 35.9 Å². The molecule has 1 aromatic rings.